The lowest BCUT2D eigenvalue weighted by atomic mass is 9.91. The standard InChI is InChI=1S/C31H62O3/c1-3-5-7-9-11-13-14-16-18-22-26-30(25-21-17-15-12-10-8-6-4-2)29-31(33)34-28-24-20-19-23-27-32/h30,32H,3-29H2,1-2H3. The second-order valence-electron chi connectivity index (χ2n) is 10.7. The first-order valence-corrected chi connectivity index (χ1v) is 15.5. The monoisotopic (exact) mass is 482 g/mol. The molecule has 34 heavy (non-hydrogen) atoms. The van der Waals surface area contributed by atoms with Gasteiger partial charge in [-0.2, -0.15) is 0 Å². The summed E-state index contributed by atoms with van der Waals surface area (Å²) in [6.07, 6.45) is 31.3. The van der Waals surface area contributed by atoms with Gasteiger partial charge in [0.2, 0.25) is 0 Å². The molecule has 3 heteroatoms. The van der Waals surface area contributed by atoms with Crippen molar-refractivity contribution in [3.8, 4) is 0 Å². The Kier molecular flexibility index (Phi) is 28.2. The van der Waals surface area contributed by atoms with Gasteiger partial charge in [0, 0.05) is 13.0 Å². The van der Waals surface area contributed by atoms with Crippen molar-refractivity contribution in [1.29, 1.82) is 0 Å². The minimum Gasteiger partial charge on any atom is -0.466 e. The van der Waals surface area contributed by atoms with E-state index in [4.69, 9.17) is 9.84 Å². The van der Waals surface area contributed by atoms with E-state index in [0.717, 1.165) is 25.7 Å². The molecule has 1 N–H and O–H groups in total. The number of rotatable bonds is 28. The minimum absolute atomic E-state index is 0.0128. The maximum absolute atomic E-state index is 12.4. The summed E-state index contributed by atoms with van der Waals surface area (Å²) < 4.78 is 5.53. The van der Waals surface area contributed by atoms with Crippen LogP contribution in [0.2, 0.25) is 0 Å². The first-order chi connectivity index (χ1) is 16.7. The van der Waals surface area contributed by atoms with Crippen LogP contribution in [0.4, 0.5) is 0 Å². The third kappa shape index (κ3) is 26.0. The predicted octanol–water partition coefficient (Wildman–Crippen LogP) is 9.93. The highest BCUT2D eigenvalue weighted by Gasteiger charge is 2.15. The zero-order chi connectivity index (χ0) is 25.0. The van der Waals surface area contributed by atoms with E-state index in [2.05, 4.69) is 13.8 Å². The number of ether oxygens (including phenoxy) is 1. The second kappa shape index (κ2) is 28.7. The van der Waals surface area contributed by atoms with E-state index in [1.807, 2.05) is 0 Å². The van der Waals surface area contributed by atoms with Crippen LogP contribution < -0.4 is 0 Å². The molecule has 0 aromatic carbocycles. The van der Waals surface area contributed by atoms with Crippen LogP contribution >= 0.6 is 0 Å². The molecule has 0 amide bonds. The molecule has 1 atom stereocenters. The molecule has 0 saturated carbocycles. The van der Waals surface area contributed by atoms with E-state index in [9.17, 15) is 4.79 Å². The van der Waals surface area contributed by atoms with Crippen molar-refractivity contribution in [2.75, 3.05) is 13.2 Å². The fourth-order valence-electron chi connectivity index (χ4n) is 4.88. The summed E-state index contributed by atoms with van der Waals surface area (Å²) in [6.45, 7) is 5.37. The molecular formula is C31H62O3. The summed E-state index contributed by atoms with van der Waals surface area (Å²) in [5, 5.41) is 8.85. The van der Waals surface area contributed by atoms with Gasteiger partial charge in [-0.25, -0.2) is 0 Å². The van der Waals surface area contributed by atoms with Crippen LogP contribution in [0.15, 0.2) is 0 Å². The maximum atomic E-state index is 12.4. The smallest absolute Gasteiger partial charge is 0.306 e. The van der Waals surface area contributed by atoms with Gasteiger partial charge in [0.15, 0.2) is 0 Å². The Morgan fingerprint density at radius 2 is 0.941 bits per heavy atom. The SMILES string of the molecule is CCCCCCCCCCCCC(CCCCCCCCCC)CC(=O)OCCCCCCO. The number of aliphatic hydroxyl groups is 1. The van der Waals surface area contributed by atoms with Gasteiger partial charge in [-0.1, -0.05) is 136 Å². The Hall–Kier alpha value is -0.570. The highest BCUT2D eigenvalue weighted by atomic mass is 16.5. The molecule has 0 aliphatic carbocycles. The molecule has 0 aliphatic heterocycles. The van der Waals surface area contributed by atoms with Crippen LogP contribution in [0.3, 0.4) is 0 Å². The fraction of sp³-hybridized carbons (Fsp3) is 0.968. The second-order valence-corrected chi connectivity index (χ2v) is 10.7. The first kappa shape index (κ1) is 33.4. The van der Waals surface area contributed by atoms with Crippen molar-refractivity contribution in [1.82, 2.24) is 0 Å². The fourth-order valence-corrected chi connectivity index (χ4v) is 4.88. The van der Waals surface area contributed by atoms with Crippen molar-refractivity contribution in [2.24, 2.45) is 5.92 Å². The van der Waals surface area contributed by atoms with Crippen LogP contribution in [0.1, 0.15) is 174 Å². The molecule has 0 rings (SSSR count). The molecule has 1 unspecified atom stereocenters. The molecule has 3 nitrogen and oxygen atoms in total. The van der Waals surface area contributed by atoms with Gasteiger partial charge in [0.05, 0.1) is 6.61 Å². The summed E-state index contributed by atoms with van der Waals surface area (Å²) in [5.41, 5.74) is 0. The molecule has 0 aromatic heterocycles. The number of esters is 1. The zero-order valence-corrected chi connectivity index (χ0v) is 23.4. The summed E-state index contributed by atoms with van der Waals surface area (Å²) in [6, 6.07) is 0. The molecule has 0 aromatic rings. The number of aliphatic hydroxyl groups excluding tert-OH is 1. The summed E-state index contributed by atoms with van der Waals surface area (Å²) in [7, 11) is 0. The Balaban J connectivity index is 4.01. The Morgan fingerprint density at radius 3 is 1.38 bits per heavy atom. The van der Waals surface area contributed by atoms with Gasteiger partial charge in [-0.3, -0.25) is 4.79 Å². The van der Waals surface area contributed by atoms with Crippen molar-refractivity contribution < 1.29 is 14.6 Å². The van der Waals surface area contributed by atoms with E-state index in [0.29, 0.717) is 18.9 Å². The van der Waals surface area contributed by atoms with E-state index < -0.39 is 0 Å². The van der Waals surface area contributed by atoms with Crippen LogP contribution in [0, 0.1) is 5.92 Å². The number of carbonyl (C=O) groups is 1. The molecule has 0 saturated heterocycles. The Bertz CT molecular complexity index is 396. The van der Waals surface area contributed by atoms with Gasteiger partial charge in [-0.15, -0.1) is 0 Å². The van der Waals surface area contributed by atoms with Crippen molar-refractivity contribution >= 4 is 5.97 Å². The maximum Gasteiger partial charge on any atom is 0.306 e. The van der Waals surface area contributed by atoms with E-state index in [-0.39, 0.29) is 12.6 Å². The number of unbranched alkanes of at least 4 members (excludes halogenated alkanes) is 19. The molecule has 0 aliphatic rings. The van der Waals surface area contributed by atoms with E-state index >= 15 is 0 Å². The largest absolute Gasteiger partial charge is 0.466 e. The average Bonchev–Trinajstić information content (AvgIpc) is 2.83. The quantitative estimate of drug-likeness (QED) is 0.0891. The van der Waals surface area contributed by atoms with E-state index in [1.54, 1.807) is 0 Å². The predicted molar refractivity (Wildman–Crippen MR) is 148 cm³/mol. The normalized spacial score (nSPS) is 12.2. The summed E-state index contributed by atoms with van der Waals surface area (Å²) in [4.78, 5) is 12.4. The van der Waals surface area contributed by atoms with Gasteiger partial charge in [0.1, 0.15) is 0 Å². The first-order valence-electron chi connectivity index (χ1n) is 15.5. The third-order valence-corrected chi connectivity index (χ3v) is 7.20. The lowest BCUT2D eigenvalue weighted by molar-refractivity contribution is -0.145. The highest BCUT2D eigenvalue weighted by molar-refractivity contribution is 5.69. The van der Waals surface area contributed by atoms with Gasteiger partial charge in [-0.05, 0) is 38.0 Å². The summed E-state index contributed by atoms with van der Waals surface area (Å²) >= 11 is 0. The minimum atomic E-state index is 0.0128. The lowest BCUT2D eigenvalue weighted by Crippen LogP contribution is -2.13. The van der Waals surface area contributed by atoms with Crippen molar-refractivity contribution in [3.05, 3.63) is 0 Å². The third-order valence-electron chi connectivity index (χ3n) is 7.20. The molecule has 204 valence electrons. The van der Waals surface area contributed by atoms with Gasteiger partial charge >= 0.3 is 5.97 Å². The molecule has 0 radical (unpaired) electrons. The average molecular weight is 483 g/mol. The number of hydrogen-bond donors (Lipinski definition) is 1. The molecule has 0 heterocycles. The number of hydrogen-bond acceptors (Lipinski definition) is 3. The van der Waals surface area contributed by atoms with Gasteiger partial charge in [0.25, 0.3) is 0 Å². The zero-order valence-electron chi connectivity index (χ0n) is 23.4. The topological polar surface area (TPSA) is 46.5 Å². The van der Waals surface area contributed by atoms with Crippen molar-refractivity contribution in [2.45, 2.75) is 174 Å². The van der Waals surface area contributed by atoms with E-state index in [1.165, 1.54) is 128 Å². The summed E-state index contributed by atoms with van der Waals surface area (Å²) in [5.74, 6) is 0.523. The number of carbonyl (C=O) groups excluding carboxylic acids is 1. The molecular weight excluding hydrogens is 420 g/mol. The lowest BCUT2D eigenvalue weighted by Gasteiger charge is -2.16. The van der Waals surface area contributed by atoms with Crippen LogP contribution in [-0.4, -0.2) is 24.3 Å². The van der Waals surface area contributed by atoms with Crippen LogP contribution in [-0.2, 0) is 9.53 Å². The van der Waals surface area contributed by atoms with Gasteiger partial charge < -0.3 is 9.84 Å². The van der Waals surface area contributed by atoms with Crippen LogP contribution in [0.5, 0.6) is 0 Å². The Morgan fingerprint density at radius 1 is 0.559 bits per heavy atom. The highest BCUT2D eigenvalue weighted by Crippen LogP contribution is 2.23. The Labute approximate surface area is 214 Å². The molecule has 0 spiro atoms. The van der Waals surface area contributed by atoms with Crippen LogP contribution in [0.25, 0.3) is 0 Å². The molecule has 0 fully saturated rings. The molecule has 0 bridgehead atoms. The van der Waals surface area contributed by atoms with Crippen molar-refractivity contribution in [3.63, 3.8) is 0 Å².